The standard InChI is InChI=1S/C27H33N3O5/c1-18(2)20-7-9-21(10-8-20)27-29-26(35-30-27)13-12-25(31)28-16-19-6-11-23(24(15-19)32-3)34-17-22-5-4-14-33-22/h6-11,15,18,22H,4-5,12-14,16-17H2,1-3H3,(H,28,31). The van der Waals surface area contributed by atoms with Crippen LogP contribution in [0.15, 0.2) is 47.0 Å². The fourth-order valence-electron chi connectivity index (χ4n) is 3.90. The summed E-state index contributed by atoms with van der Waals surface area (Å²) in [6, 6.07) is 13.8. The first-order valence-corrected chi connectivity index (χ1v) is 12.1. The van der Waals surface area contributed by atoms with Gasteiger partial charge in [-0.3, -0.25) is 4.79 Å². The predicted octanol–water partition coefficient (Wildman–Crippen LogP) is 4.68. The molecule has 1 aliphatic heterocycles. The molecule has 3 aromatic rings. The highest BCUT2D eigenvalue weighted by Gasteiger charge is 2.17. The fourth-order valence-corrected chi connectivity index (χ4v) is 3.90. The molecule has 186 valence electrons. The number of rotatable bonds is 11. The molecule has 1 atom stereocenters. The molecule has 1 saturated heterocycles. The molecule has 2 aromatic carbocycles. The molecule has 1 aliphatic rings. The molecule has 0 bridgehead atoms. The van der Waals surface area contributed by atoms with Crippen LogP contribution < -0.4 is 14.8 Å². The van der Waals surface area contributed by atoms with Crippen molar-refractivity contribution in [2.75, 3.05) is 20.3 Å². The summed E-state index contributed by atoms with van der Waals surface area (Å²) in [7, 11) is 1.61. The highest BCUT2D eigenvalue weighted by Crippen LogP contribution is 2.29. The van der Waals surface area contributed by atoms with E-state index in [4.69, 9.17) is 18.7 Å². The summed E-state index contributed by atoms with van der Waals surface area (Å²) in [6.45, 7) is 6.00. The number of methoxy groups -OCH3 is 1. The summed E-state index contributed by atoms with van der Waals surface area (Å²) in [5.74, 6) is 2.65. The molecule has 35 heavy (non-hydrogen) atoms. The van der Waals surface area contributed by atoms with Crippen molar-refractivity contribution >= 4 is 5.91 Å². The Morgan fingerprint density at radius 3 is 2.71 bits per heavy atom. The van der Waals surface area contributed by atoms with Crippen molar-refractivity contribution in [3.63, 3.8) is 0 Å². The number of amides is 1. The van der Waals surface area contributed by atoms with E-state index in [-0.39, 0.29) is 18.4 Å². The van der Waals surface area contributed by atoms with Crippen molar-refractivity contribution in [2.24, 2.45) is 0 Å². The lowest BCUT2D eigenvalue weighted by Crippen LogP contribution is -2.23. The van der Waals surface area contributed by atoms with E-state index in [2.05, 4.69) is 41.4 Å². The Hall–Kier alpha value is -3.39. The first-order valence-electron chi connectivity index (χ1n) is 12.1. The zero-order valence-electron chi connectivity index (χ0n) is 20.6. The van der Waals surface area contributed by atoms with Crippen LogP contribution in [0.4, 0.5) is 0 Å². The summed E-state index contributed by atoms with van der Waals surface area (Å²) in [5, 5.41) is 6.98. The number of carbonyl (C=O) groups is 1. The maximum absolute atomic E-state index is 12.4. The third kappa shape index (κ3) is 6.82. The van der Waals surface area contributed by atoms with E-state index in [1.807, 2.05) is 30.3 Å². The minimum absolute atomic E-state index is 0.0938. The monoisotopic (exact) mass is 479 g/mol. The molecule has 0 aliphatic carbocycles. The second kappa shape index (κ2) is 11.8. The summed E-state index contributed by atoms with van der Waals surface area (Å²) in [5.41, 5.74) is 3.07. The van der Waals surface area contributed by atoms with Crippen LogP contribution in [0.25, 0.3) is 11.4 Å². The van der Waals surface area contributed by atoms with Gasteiger partial charge in [0.1, 0.15) is 6.61 Å². The van der Waals surface area contributed by atoms with Gasteiger partial charge in [0.05, 0.1) is 13.2 Å². The Kier molecular flexibility index (Phi) is 8.36. The van der Waals surface area contributed by atoms with Crippen molar-refractivity contribution < 1.29 is 23.5 Å². The number of aromatic nitrogens is 2. The molecule has 4 rings (SSSR count). The zero-order valence-corrected chi connectivity index (χ0v) is 20.6. The van der Waals surface area contributed by atoms with Gasteiger partial charge in [-0.1, -0.05) is 49.3 Å². The minimum atomic E-state index is -0.0938. The van der Waals surface area contributed by atoms with Gasteiger partial charge in [-0.15, -0.1) is 0 Å². The van der Waals surface area contributed by atoms with Gasteiger partial charge in [0.15, 0.2) is 11.5 Å². The van der Waals surface area contributed by atoms with Crippen molar-refractivity contribution in [1.29, 1.82) is 0 Å². The molecular formula is C27H33N3O5. The van der Waals surface area contributed by atoms with Crippen LogP contribution in [-0.2, 0) is 22.5 Å². The second-order valence-corrected chi connectivity index (χ2v) is 9.00. The summed E-state index contributed by atoms with van der Waals surface area (Å²) in [6.07, 6.45) is 2.86. The minimum Gasteiger partial charge on any atom is -0.493 e. The SMILES string of the molecule is COc1cc(CNC(=O)CCc2nc(-c3ccc(C(C)C)cc3)no2)ccc1OCC1CCCO1. The smallest absolute Gasteiger partial charge is 0.227 e. The number of hydrogen-bond acceptors (Lipinski definition) is 7. The fraction of sp³-hybridized carbons (Fsp3) is 0.444. The van der Waals surface area contributed by atoms with Crippen LogP contribution in [0.1, 0.15) is 56.0 Å². The van der Waals surface area contributed by atoms with E-state index in [9.17, 15) is 4.79 Å². The molecule has 1 unspecified atom stereocenters. The van der Waals surface area contributed by atoms with E-state index >= 15 is 0 Å². The second-order valence-electron chi connectivity index (χ2n) is 9.00. The summed E-state index contributed by atoms with van der Waals surface area (Å²) in [4.78, 5) is 16.8. The molecule has 1 fully saturated rings. The van der Waals surface area contributed by atoms with E-state index in [0.29, 0.717) is 48.7 Å². The number of aryl methyl sites for hydroxylation is 1. The quantitative estimate of drug-likeness (QED) is 0.427. The lowest BCUT2D eigenvalue weighted by atomic mass is 10.0. The van der Waals surface area contributed by atoms with Crippen LogP contribution in [-0.4, -0.2) is 42.5 Å². The first-order chi connectivity index (χ1) is 17.0. The van der Waals surface area contributed by atoms with Crippen LogP contribution in [0.3, 0.4) is 0 Å². The average molecular weight is 480 g/mol. The molecule has 0 saturated carbocycles. The number of hydrogen-bond donors (Lipinski definition) is 1. The van der Waals surface area contributed by atoms with Gasteiger partial charge < -0.3 is 24.1 Å². The predicted molar refractivity (Wildman–Crippen MR) is 131 cm³/mol. The van der Waals surface area contributed by atoms with Gasteiger partial charge in [-0.2, -0.15) is 4.98 Å². The molecule has 0 radical (unpaired) electrons. The Balaban J connectivity index is 1.24. The van der Waals surface area contributed by atoms with Gasteiger partial charge in [0.25, 0.3) is 0 Å². The van der Waals surface area contributed by atoms with Crippen LogP contribution >= 0.6 is 0 Å². The van der Waals surface area contributed by atoms with Crippen LogP contribution in [0, 0.1) is 0 Å². The molecule has 8 heteroatoms. The van der Waals surface area contributed by atoms with Crippen molar-refractivity contribution in [1.82, 2.24) is 15.5 Å². The summed E-state index contributed by atoms with van der Waals surface area (Å²) >= 11 is 0. The molecule has 2 heterocycles. The van der Waals surface area contributed by atoms with Gasteiger partial charge in [-0.05, 0) is 42.0 Å². The number of nitrogens with zero attached hydrogens (tertiary/aromatic N) is 2. The van der Waals surface area contributed by atoms with Gasteiger partial charge >= 0.3 is 0 Å². The Bertz CT molecular complexity index is 1100. The highest BCUT2D eigenvalue weighted by molar-refractivity contribution is 5.76. The van der Waals surface area contributed by atoms with E-state index in [1.54, 1.807) is 7.11 Å². The molecule has 0 spiro atoms. The topological polar surface area (TPSA) is 95.7 Å². The Morgan fingerprint density at radius 2 is 2.00 bits per heavy atom. The van der Waals surface area contributed by atoms with Crippen molar-refractivity contribution in [2.45, 2.75) is 58.1 Å². The molecule has 1 amide bonds. The van der Waals surface area contributed by atoms with E-state index in [0.717, 1.165) is 30.6 Å². The Labute approximate surface area is 206 Å². The highest BCUT2D eigenvalue weighted by atomic mass is 16.5. The first kappa shape index (κ1) is 24.7. The number of carbonyl (C=O) groups excluding carboxylic acids is 1. The summed E-state index contributed by atoms with van der Waals surface area (Å²) < 4.78 is 22.3. The number of nitrogens with one attached hydrogen (secondary N) is 1. The van der Waals surface area contributed by atoms with Crippen LogP contribution in [0.2, 0.25) is 0 Å². The molecule has 1 N–H and O–H groups in total. The van der Waals surface area contributed by atoms with E-state index < -0.39 is 0 Å². The van der Waals surface area contributed by atoms with Gasteiger partial charge in [0.2, 0.25) is 17.6 Å². The van der Waals surface area contributed by atoms with Crippen molar-refractivity contribution in [3.05, 3.63) is 59.5 Å². The maximum Gasteiger partial charge on any atom is 0.227 e. The maximum atomic E-state index is 12.4. The third-order valence-electron chi connectivity index (χ3n) is 6.04. The zero-order chi connectivity index (χ0) is 24.6. The molecule has 8 nitrogen and oxygen atoms in total. The molecule has 1 aromatic heterocycles. The molecular weight excluding hydrogens is 446 g/mol. The lowest BCUT2D eigenvalue weighted by Gasteiger charge is -2.15. The number of benzene rings is 2. The van der Waals surface area contributed by atoms with Crippen molar-refractivity contribution in [3.8, 4) is 22.9 Å². The van der Waals surface area contributed by atoms with Crippen LogP contribution in [0.5, 0.6) is 11.5 Å². The van der Waals surface area contributed by atoms with E-state index in [1.165, 1.54) is 5.56 Å². The number of ether oxygens (including phenoxy) is 3. The Morgan fingerprint density at radius 1 is 1.17 bits per heavy atom. The largest absolute Gasteiger partial charge is 0.493 e. The lowest BCUT2D eigenvalue weighted by molar-refractivity contribution is -0.121. The normalized spacial score (nSPS) is 15.4. The van der Waals surface area contributed by atoms with Gasteiger partial charge in [0, 0.05) is 31.6 Å². The third-order valence-corrected chi connectivity index (χ3v) is 6.04. The average Bonchev–Trinajstić information content (AvgIpc) is 3.57. The van der Waals surface area contributed by atoms with Gasteiger partial charge in [-0.25, -0.2) is 0 Å².